The van der Waals surface area contributed by atoms with Crippen molar-refractivity contribution < 1.29 is 19.6 Å². The van der Waals surface area contributed by atoms with E-state index in [-0.39, 0.29) is 12.3 Å². The van der Waals surface area contributed by atoms with E-state index >= 15 is 0 Å². The summed E-state index contributed by atoms with van der Waals surface area (Å²) < 4.78 is 4.09. The monoisotopic (exact) mass is 304 g/mol. The van der Waals surface area contributed by atoms with Gasteiger partial charge in [0.2, 0.25) is 0 Å². The van der Waals surface area contributed by atoms with E-state index in [1.165, 1.54) is 33.9 Å². The summed E-state index contributed by atoms with van der Waals surface area (Å²) in [5.74, 6) is 0. The average molecular weight is 304 g/mol. The minimum absolute atomic E-state index is 0.0486. The molecule has 0 fully saturated rings. The highest BCUT2D eigenvalue weighted by atomic mass is 33.1. The first-order valence-electron chi connectivity index (χ1n) is 5.12. The zero-order valence-corrected chi connectivity index (χ0v) is 11.9. The lowest BCUT2D eigenvalue weighted by Gasteiger charge is -2.21. The van der Waals surface area contributed by atoms with E-state index in [4.69, 9.17) is 5.11 Å². The third-order valence-corrected chi connectivity index (χ3v) is 5.01. The van der Waals surface area contributed by atoms with Crippen LogP contribution in [0.3, 0.4) is 0 Å². The SMILES string of the molecule is CC(C)(COC(=O)O)SSc1ccc([N+](=O)[O-])cn1. The summed E-state index contributed by atoms with van der Waals surface area (Å²) in [6, 6.07) is 2.92. The summed E-state index contributed by atoms with van der Waals surface area (Å²) in [5, 5.41) is 19.5. The van der Waals surface area contributed by atoms with Crippen molar-refractivity contribution in [3.63, 3.8) is 0 Å². The summed E-state index contributed by atoms with van der Waals surface area (Å²) in [4.78, 5) is 24.2. The molecular formula is C10H12N2O5S2. The van der Waals surface area contributed by atoms with Gasteiger partial charge >= 0.3 is 6.16 Å². The number of hydrogen-bond donors (Lipinski definition) is 1. The average Bonchev–Trinajstić information content (AvgIpc) is 2.35. The van der Waals surface area contributed by atoms with Gasteiger partial charge in [-0.15, -0.1) is 0 Å². The van der Waals surface area contributed by atoms with Crippen LogP contribution in [0.5, 0.6) is 0 Å². The molecule has 0 spiro atoms. The Morgan fingerprint density at radius 3 is 2.74 bits per heavy atom. The first kappa shape index (κ1) is 15.6. The molecule has 0 aliphatic rings. The highest BCUT2D eigenvalue weighted by Crippen LogP contribution is 2.40. The third kappa shape index (κ3) is 5.79. The lowest BCUT2D eigenvalue weighted by atomic mass is 10.2. The number of aromatic nitrogens is 1. The Bertz CT molecular complexity index is 463. The molecule has 0 unspecified atom stereocenters. The van der Waals surface area contributed by atoms with Crippen molar-refractivity contribution in [1.82, 2.24) is 4.98 Å². The molecule has 0 bridgehead atoms. The van der Waals surface area contributed by atoms with E-state index in [9.17, 15) is 14.9 Å². The van der Waals surface area contributed by atoms with Crippen molar-refractivity contribution in [3.8, 4) is 0 Å². The van der Waals surface area contributed by atoms with E-state index in [1.807, 2.05) is 13.8 Å². The van der Waals surface area contributed by atoms with Gasteiger partial charge in [0.25, 0.3) is 5.69 Å². The normalized spacial score (nSPS) is 11.1. The third-order valence-electron chi connectivity index (χ3n) is 1.83. The summed E-state index contributed by atoms with van der Waals surface area (Å²) in [7, 11) is 2.69. The van der Waals surface area contributed by atoms with Gasteiger partial charge in [-0.25, -0.2) is 9.78 Å². The highest BCUT2D eigenvalue weighted by molar-refractivity contribution is 8.77. The Labute approximate surface area is 117 Å². The predicted molar refractivity (Wildman–Crippen MR) is 72.4 cm³/mol. The predicted octanol–water partition coefficient (Wildman–Crippen LogP) is 3.20. The lowest BCUT2D eigenvalue weighted by Crippen LogP contribution is -2.23. The number of ether oxygens (including phenoxy) is 1. The number of carboxylic acid groups (broad SMARTS) is 1. The van der Waals surface area contributed by atoms with Crippen molar-refractivity contribution in [3.05, 3.63) is 28.4 Å². The van der Waals surface area contributed by atoms with Crippen LogP contribution in [0.25, 0.3) is 0 Å². The summed E-state index contributed by atoms with van der Waals surface area (Å²) in [6.45, 7) is 3.71. The van der Waals surface area contributed by atoms with Crippen LogP contribution in [-0.2, 0) is 4.74 Å². The Kier molecular flexibility index (Phi) is 5.43. The zero-order valence-electron chi connectivity index (χ0n) is 10.2. The number of nitrogens with zero attached hydrogens (tertiary/aromatic N) is 2. The van der Waals surface area contributed by atoms with Crippen LogP contribution in [0.1, 0.15) is 13.8 Å². The summed E-state index contributed by atoms with van der Waals surface area (Å²) >= 11 is 0. The molecule has 7 nitrogen and oxygen atoms in total. The van der Waals surface area contributed by atoms with Gasteiger partial charge < -0.3 is 9.84 Å². The topological polar surface area (TPSA) is 103 Å². The van der Waals surface area contributed by atoms with Gasteiger partial charge in [-0.05, 0) is 30.7 Å². The van der Waals surface area contributed by atoms with E-state index in [0.29, 0.717) is 5.03 Å². The molecule has 1 N–H and O–H groups in total. The molecule has 19 heavy (non-hydrogen) atoms. The van der Waals surface area contributed by atoms with Gasteiger partial charge in [-0.2, -0.15) is 0 Å². The Hall–Kier alpha value is -1.48. The minimum atomic E-state index is -1.31. The highest BCUT2D eigenvalue weighted by Gasteiger charge is 2.22. The van der Waals surface area contributed by atoms with Crippen molar-refractivity contribution >= 4 is 33.4 Å². The fourth-order valence-electron chi connectivity index (χ4n) is 0.945. The van der Waals surface area contributed by atoms with Gasteiger partial charge in [0.05, 0.1) is 9.67 Å². The van der Waals surface area contributed by atoms with Crippen LogP contribution in [0.15, 0.2) is 23.4 Å². The van der Waals surface area contributed by atoms with Gasteiger partial charge in [-0.3, -0.25) is 10.1 Å². The molecule has 1 heterocycles. The number of hydrogen-bond acceptors (Lipinski definition) is 7. The molecule has 0 aliphatic heterocycles. The second-order valence-electron chi connectivity index (χ2n) is 4.09. The molecular weight excluding hydrogens is 292 g/mol. The number of rotatable bonds is 6. The molecule has 1 rings (SSSR count). The van der Waals surface area contributed by atoms with Gasteiger partial charge in [0, 0.05) is 6.07 Å². The Morgan fingerprint density at radius 2 is 2.26 bits per heavy atom. The molecule has 9 heteroatoms. The van der Waals surface area contributed by atoms with E-state index in [2.05, 4.69) is 9.72 Å². The molecule has 1 aromatic heterocycles. The number of carbonyl (C=O) groups is 1. The lowest BCUT2D eigenvalue weighted by molar-refractivity contribution is -0.385. The minimum Gasteiger partial charge on any atom is -0.450 e. The maximum Gasteiger partial charge on any atom is 0.505 e. The maximum atomic E-state index is 10.5. The molecule has 0 saturated carbocycles. The largest absolute Gasteiger partial charge is 0.505 e. The van der Waals surface area contributed by atoms with Gasteiger partial charge in [0.15, 0.2) is 0 Å². The molecule has 0 saturated heterocycles. The van der Waals surface area contributed by atoms with Crippen LogP contribution in [0.2, 0.25) is 0 Å². The van der Waals surface area contributed by atoms with Crippen LogP contribution < -0.4 is 0 Å². The molecule has 0 aromatic carbocycles. The second-order valence-corrected chi connectivity index (χ2v) is 6.95. The summed E-state index contributed by atoms with van der Waals surface area (Å²) in [5.41, 5.74) is -0.0668. The maximum absolute atomic E-state index is 10.5. The fourth-order valence-corrected chi connectivity index (χ4v) is 2.96. The molecule has 0 amide bonds. The van der Waals surface area contributed by atoms with Crippen molar-refractivity contribution in [2.75, 3.05) is 6.61 Å². The summed E-state index contributed by atoms with van der Waals surface area (Å²) in [6.07, 6.45) is -0.129. The van der Waals surface area contributed by atoms with E-state index < -0.39 is 15.8 Å². The molecule has 104 valence electrons. The van der Waals surface area contributed by atoms with Crippen LogP contribution in [0.4, 0.5) is 10.5 Å². The van der Waals surface area contributed by atoms with Crippen LogP contribution >= 0.6 is 21.6 Å². The molecule has 0 radical (unpaired) electrons. The molecule has 0 aliphatic carbocycles. The zero-order chi connectivity index (χ0) is 14.5. The van der Waals surface area contributed by atoms with Gasteiger partial charge in [0.1, 0.15) is 17.8 Å². The fraction of sp³-hybridized carbons (Fsp3) is 0.400. The van der Waals surface area contributed by atoms with E-state index in [1.54, 1.807) is 6.07 Å². The first-order chi connectivity index (χ1) is 8.80. The van der Waals surface area contributed by atoms with Crippen LogP contribution in [-0.4, -0.2) is 32.5 Å². The Balaban J connectivity index is 2.51. The second kappa shape index (κ2) is 6.62. The van der Waals surface area contributed by atoms with Crippen LogP contribution in [0, 0.1) is 10.1 Å². The number of nitro groups is 1. The van der Waals surface area contributed by atoms with Gasteiger partial charge in [-0.1, -0.05) is 10.8 Å². The van der Waals surface area contributed by atoms with Crippen molar-refractivity contribution in [2.45, 2.75) is 23.6 Å². The first-order valence-corrected chi connectivity index (χ1v) is 7.27. The van der Waals surface area contributed by atoms with E-state index in [0.717, 1.165) is 0 Å². The smallest absolute Gasteiger partial charge is 0.450 e. The van der Waals surface area contributed by atoms with Crippen molar-refractivity contribution in [2.24, 2.45) is 0 Å². The molecule has 1 aromatic rings. The molecule has 0 atom stereocenters. The Morgan fingerprint density at radius 1 is 1.58 bits per heavy atom. The quantitative estimate of drug-likeness (QED) is 0.370. The standard InChI is InChI=1S/C10H12N2O5S2/c1-10(2,6-17-9(13)14)19-18-8-4-3-7(5-11-8)12(15)16/h3-5H,6H2,1-2H3,(H,13,14). The van der Waals surface area contributed by atoms with Crippen molar-refractivity contribution in [1.29, 1.82) is 0 Å². The number of pyridine rings is 1.